The van der Waals surface area contributed by atoms with Gasteiger partial charge in [-0.05, 0) is 42.5 Å². The summed E-state index contributed by atoms with van der Waals surface area (Å²) in [6.07, 6.45) is 6.08. The molecule has 0 aliphatic heterocycles. The zero-order valence-corrected chi connectivity index (χ0v) is 10.3. The van der Waals surface area contributed by atoms with E-state index in [2.05, 4.69) is 15.3 Å². The smallest absolute Gasteiger partial charge is 0.259 e. The summed E-state index contributed by atoms with van der Waals surface area (Å²) in [6, 6.07) is 0. The Morgan fingerprint density at radius 1 is 1.24 bits per heavy atom. The molecule has 2 fully saturated rings. The van der Waals surface area contributed by atoms with Gasteiger partial charge in [0.25, 0.3) is 5.56 Å². The molecule has 2 heterocycles. The van der Waals surface area contributed by atoms with Crippen LogP contribution >= 0.6 is 11.3 Å². The lowest BCUT2D eigenvalue weighted by molar-refractivity contribution is 0.402. The van der Waals surface area contributed by atoms with Crippen molar-refractivity contribution in [1.82, 2.24) is 9.97 Å². The zero-order valence-electron chi connectivity index (χ0n) is 9.53. The van der Waals surface area contributed by atoms with Gasteiger partial charge in [-0.3, -0.25) is 4.79 Å². The highest BCUT2D eigenvalue weighted by Crippen LogP contribution is 2.44. The van der Waals surface area contributed by atoms with E-state index in [1.807, 2.05) is 0 Å². The molecule has 0 unspecified atom stereocenters. The van der Waals surface area contributed by atoms with E-state index in [1.165, 1.54) is 37.7 Å². The Bertz CT molecular complexity index is 634. The van der Waals surface area contributed by atoms with Gasteiger partial charge in [0.15, 0.2) is 0 Å². The summed E-state index contributed by atoms with van der Waals surface area (Å²) >= 11 is 1.63. The number of H-pyrrole nitrogens is 1. The van der Waals surface area contributed by atoms with Crippen LogP contribution in [0.15, 0.2) is 10.2 Å². The van der Waals surface area contributed by atoms with E-state index in [4.69, 9.17) is 0 Å². The molecule has 0 saturated heterocycles. The molecule has 3 nitrogen and oxygen atoms in total. The van der Waals surface area contributed by atoms with Crippen LogP contribution in [-0.2, 0) is 0 Å². The van der Waals surface area contributed by atoms with E-state index in [9.17, 15) is 4.79 Å². The maximum absolute atomic E-state index is 12.2. The first kappa shape index (κ1) is 9.83. The minimum atomic E-state index is 0.0834. The molecule has 0 amide bonds. The van der Waals surface area contributed by atoms with Gasteiger partial charge in [0, 0.05) is 5.92 Å². The molecular weight excluding hydrogens is 232 g/mol. The Morgan fingerprint density at radius 3 is 2.71 bits per heavy atom. The summed E-state index contributed by atoms with van der Waals surface area (Å²) in [4.78, 5) is 20.8. The predicted octanol–water partition coefficient (Wildman–Crippen LogP) is 3.13. The van der Waals surface area contributed by atoms with E-state index < -0.39 is 0 Å². The van der Waals surface area contributed by atoms with Crippen LogP contribution in [0.5, 0.6) is 0 Å². The van der Waals surface area contributed by atoms with Crippen LogP contribution in [0.3, 0.4) is 0 Å². The molecule has 2 aromatic rings. The molecule has 4 rings (SSSR count). The second-order valence-electron chi connectivity index (χ2n) is 5.22. The molecule has 0 spiro atoms. The molecule has 1 N–H and O–H groups in total. The number of aromatic nitrogens is 2. The van der Waals surface area contributed by atoms with Crippen molar-refractivity contribution in [2.45, 2.75) is 43.9 Å². The van der Waals surface area contributed by atoms with Gasteiger partial charge in [-0.15, -0.1) is 11.3 Å². The van der Waals surface area contributed by atoms with Crippen LogP contribution in [0, 0.1) is 0 Å². The van der Waals surface area contributed by atoms with E-state index in [1.54, 1.807) is 11.3 Å². The third-order valence-corrected chi connectivity index (χ3v) is 4.89. The first-order valence-corrected chi connectivity index (χ1v) is 7.22. The van der Waals surface area contributed by atoms with Gasteiger partial charge in [-0.1, -0.05) is 6.42 Å². The standard InChI is InChI=1S/C13H14N2OS/c16-12-10-9(7-4-5-7)6-17-13(10)15-11(14-12)8-2-1-3-8/h6-8H,1-5H2,(H,14,15,16). The molecular formula is C13H14N2OS. The normalized spacial score (nSPS) is 20.7. The monoisotopic (exact) mass is 246 g/mol. The summed E-state index contributed by atoms with van der Waals surface area (Å²) in [5.74, 6) is 2.04. The van der Waals surface area contributed by atoms with Gasteiger partial charge in [0.05, 0.1) is 5.39 Å². The Morgan fingerprint density at radius 2 is 2.06 bits per heavy atom. The number of hydrogen-bond donors (Lipinski definition) is 1. The molecule has 2 aromatic heterocycles. The number of rotatable bonds is 2. The fourth-order valence-corrected chi connectivity index (χ4v) is 3.59. The lowest BCUT2D eigenvalue weighted by Gasteiger charge is -2.23. The lowest BCUT2D eigenvalue weighted by Crippen LogP contribution is -2.18. The van der Waals surface area contributed by atoms with E-state index in [0.717, 1.165) is 16.0 Å². The molecule has 0 atom stereocenters. The molecule has 0 radical (unpaired) electrons. The summed E-state index contributed by atoms with van der Waals surface area (Å²) < 4.78 is 0. The number of nitrogens with zero attached hydrogens (tertiary/aromatic N) is 1. The fraction of sp³-hybridized carbons (Fsp3) is 0.538. The highest BCUT2D eigenvalue weighted by Gasteiger charge is 2.29. The fourth-order valence-electron chi connectivity index (χ4n) is 2.56. The molecule has 2 saturated carbocycles. The van der Waals surface area contributed by atoms with Crippen molar-refractivity contribution >= 4 is 21.6 Å². The van der Waals surface area contributed by atoms with Crippen molar-refractivity contribution in [3.05, 3.63) is 27.1 Å². The van der Waals surface area contributed by atoms with Gasteiger partial charge < -0.3 is 4.98 Å². The number of aromatic amines is 1. The largest absolute Gasteiger partial charge is 0.310 e. The molecule has 4 heteroatoms. The Labute approximate surface area is 103 Å². The maximum atomic E-state index is 12.2. The van der Waals surface area contributed by atoms with E-state index in [0.29, 0.717) is 11.8 Å². The summed E-state index contributed by atoms with van der Waals surface area (Å²) in [6.45, 7) is 0. The molecule has 2 aliphatic carbocycles. The Hall–Kier alpha value is -1.16. The predicted molar refractivity (Wildman–Crippen MR) is 68.8 cm³/mol. The molecule has 0 aromatic carbocycles. The highest BCUT2D eigenvalue weighted by molar-refractivity contribution is 7.16. The van der Waals surface area contributed by atoms with Crippen LogP contribution < -0.4 is 5.56 Å². The van der Waals surface area contributed by atoms with Crippen LogP contribution in [0.1, 0.15) is 55.3 Å². The Kier molecular flexibility index (Phi) is 1.98. The lowest BCUT2D eigenvalue weighted by atomic mass is 9.85. The summed E-state index contributed by atoms with van der Waals surface area (Å²) in [7, 11) is 0. The van der Waals surface area contributed by atoms with Crippen molar-refractivity contribution in [3.8, 4) is 0 Å². The molecule has 17 heavy (non-hydrogen) atoms. The average Bonchev–Trinajstić information content (AvgIpc) is 2.97. The van der Waals surface area contributed by atoms with Crippen LogP contribution in [0.2, 0.25) is 0 Å². The Balaban J connectivity index is 1.90. The summed E-state index contributed by atoms with van der Waals surface area (Å²) in [5, 5.41) is 3.00. The van der Waals surface area contributed by atoms with Gasteiger partial charge in [-0.25, -0.2) is 4.98 Å². The van der Waals surface area contributed by atoms with E-state index in [-0.39, 0.29) is 5.56 Å². The topological polar surface area (TPSA) is 45.8 Å². The molecule has 88 valence electrons. The number of fused-ring (bicyclic) bond motifs is 1. The first-order chi connectivity index (χ1) is 8.33. The highest BCUT2D eigenvalue weighted by atomic mass is 32.1. The molecule has 2 aliphatic rings. The second-order valence-corrected chi connectivity index (χ2v) is 6.08. The molecule has 0 bridgehead atoms. The zero-order chi connectivity index (χ0) is 11.4. The second kappa shape index (κ2) is 3.42. The van der Waals surface area contributed by atoms with Crippen molar-refractivity contribution in [2.24, 2.45) is 0 Å². The van der Waals surface area contributed by atoms with Crippen molar-refractivity contribution < 1.29 is 0 Å². The SMILES string of the molecule is O=c1[nH]c(C2CCC2)nc2scc(C3CC3)c12. The third kappa shape index (κ3) is 1.47. The first-order valence-electron chi connectivity index (χ1n) is 6.34. The third-order valence-electron chi connectivity index (χ3n) is 4.00. The quantitative estimate of drug-likeness (QED) is 0.884. The van der Waals surface area contributed by atoms with Gasteiger partial charge in [0.2, 0.25) is 0 Å². The maximum Gasteiger partial charge on any atom is 0.259 e. The number of nitrogens with one attached hydrogen (secondary N) is 1. The van der Waals surface area contributed by atoms with Gasteiger partial charge >= 0.3 is 0 Å². The van der Waals surface area contributed by atoms with Crippen molar-refractivity contribution in [1.29, 1.82) is 0 Å². The van der Waals surface area contributed by atoms with Gasteiger partial charge in [0.1, 0.15) is 10.7 Å². The minimum Gasteiger partial charge on any atom is -0.310 e. The van der Waals surface area contributed by atoms with Crippen LogP contribution in [-0.4, -0.2) is 9.97 Å². The minimum absolute atomic E-state index is 0.0834. The van der Waals surface area contributed by atoms with Crippen LogP contribution in [0.25, 0.3) is 10.2 Å². The van der Waals surface area contributed by atoms with Gasteiger partial charge in [-0.2, -0.15) is 0 Å². The summed E-state index contributed by atoms with van der Waals surface area (Å²) in [5.41, 5.74) is 1.32. The van der Waals surface area contributed by atoms with Crippen LogP contribution in [0.4, 0.5) is 0 Å². The van der Waals surface area contributed by atoms with Crippen molar-refractivity contribution in [3.63, 3.8) is 0 Å². The van der Waals surface area contributed by atoms with E-state index >= 15 is 0 Å². The number of hydrogen-bond acceptors (Lipinski definition) is 3. The number of thiophene rings is 1. The average molecular weight is 246 g/mol. The van der Waals surface area contributed by atoms with Crippen molar-refractivity contribution in [2.75, 3.05) is 0 Å².